The topological polar surface area (TPSA) is 3.24 Å². The summed E-state index contributed by atoms with van der Waals surface area (Å²) < 4.78 is 0. The molecule has 0 N–H and O–H groups in total. The fourth-order valence-electron chi connectivity index (χ4n) is 4.39. The molecule has 0 aromatic carbocycles. The third-order valence-corrected chi connectivity index (χ3v) is 5.76. The van der Waals surface area contributed by atoms with Gasteiger partial charge < -0.3 is 4.90 Å². The van der Waals surface area contributed by atoms with E-state index in [0.717, 1.165) is 11.8 Å². The van der Waals surface area contributed by atoms with E-state index in [0.29, 0.717) is 5.41 Å². The van der Waals surface area contributed by atoms with Crippen LogP contribution in [0.2, 0.25) is 0 Å². The fourth-order valence-corrected chi connectivity index (χ4v) is 4.39. The van der Waals surface area contributed by atoms with Crippen molar-refractivity contribution in [1.82, 2.24) is 4.90 Å². The van der Waals surface area contributed by atoms with Gasteiger partial charge in [0.2, 0.25) is 0 Å². The average Bonchev–Trinajstić information content (AvgIpc) is 2.30. The van der Waals surface area contributed by atoms with Crippen LogP contribution in [0.1, 0.15) is 39.5 Å². The van der Waals surface area contributed by atoms with Crippen LogP contribution >= 0.6 is 0 Å². The van der Waals surface area contributed by atoms with Gasteiger partial charge in [0.15, 0.2) is 0 Å². The van der Waals surface area contributed by atoms with E-state index in [2.05, 4.69) is 25.8 Å². The highest BCUT2D eigenvalue weighted by Crippen LogP contribution is 2.63. The van der Waals surface area contributed by atoms with E-state index in [-0.39, 0.29) is 0 Å². The molecule has 1 heterocycles. The van der Waals surface area contributed by atoms with Crippen LogP contribution in [-0.4, -0.2) is 25.0 Å². The predicted molar refractivity (Wildman–Crippen MR) is 63.8 cm³/mol. The second kappa shape index (κ2) is 3.10. The minimum absolute atomic E-state index is 0.638. The molecular formula is C14H23N. The molecule has 84 valence electrons. The lowest BCUT2D eigenvalue weighted by Crippen LogP contribution is -2.45. The Morgan fingerprint density at radius 3 is 2.27 bits per heavy atom. The molecule has 2 fully saturated rings. The first-order chi connectivity index (χ1) is 7.15. The highest BCUT2D eigenvalue weighted by Gasteiger charge is 2.54. The molecule has 3 rings (SSSR count). The Morgan fingerprint density at radius 1 is 1.13 bits per heavy atom. The van der Waals surface area contributed by atoms with Crippen LogP contribution in [0.5, 0.6) is 0 Å². The molecule has 0 amide bonds. The van der Waals surface area contributed by atoms with Gasteiger partial charge in [-0.3, -0.25) is 0 Å². The van der Waals surface area contributed by atoms with Gasteiger partial charge in [-0.25, -0.2) is 0 Å². The standard InChI is InChI=1S/C14H23N/c1-10-11(2)14(13-5-4-12(10)13)6-8-15(3)9-7-14/h12-13H,4-9H2,1-3H3. The van der Waals surface area contributed by atoms with Gasteiger partial charge in [0.1, 0.15) is 0 Å². The summed E-state index contributed by atoms with van der Waals surface area (Å²) in [5.41, 5.74) is 4.18. The van der Waals surface area contributed by atoms with Gasteiger partial charge in [0.25, 0.3) is 0 Å². The summed E-state index contributed by atoms with van der Waals surface area (Å²) in [6.07, 6.45) is 5.83. The number of hydrogen-bond donors (Lipinski definition) is 0. The van der Waals surface area contributed by atoms with Crippen molar-refractivity contribution in [3.8, 4) is 0 Å². The van der Waals surface area contributed by atoms with E-state index >= 15 is 0 Å². The lowest BCUT2D eigenvalue weighted by molar-refractivity contribution is 0.0367. The van der Waals surface area contributed by atoms with Crippen LogP contribution < -0.4 is 0 Å². The Morgan fingerprint density at radius 2 is 1.80 bits per heavy atom. The van der Waals surface area contributed by atoms with E-state index in [1.165, 1.54) is 38.8 Å². The summed E-state index contributed by atoms with van der Waals surface area (Å²) in [7, 11) is 2.27. The van der Waals surface area contributed by atoms with Crippen molar-refractivity contribution in [2.75, 3.05) is 20.1 Å². The summed E-state index contributed by atoms with van der Waals surface area (Å²) in [5, 5.41) is 0. The maximum Gasteiger partial charge on any atom is -0.00133 e. The first-order valence-electron chi connectivity index (χ1n) is 6.51. The van der Waals surface area contributed by atoms with Gasteiger partial charge in [-0.1, -0.05) is 11.1 Å². The van der Waals surface area contributed by atoms with Crippen LogP contribution in [0.25, 0.3) is 0 Å². The Bertz CT molecular complexity index is 307. The first kappa shape index (κ1) is 9.89. The van der Waals surface area contributed by atoms with Gasteiger partial charge >= 0.3 is 0 Å². The van der Waals surface area contributed by atoms with E-state index < -0.39 is 0 Å². The number of nitrogens with zero attached hydrogens (tertiary/aromatic N) is 1. The molecule has 1 saturated heterocycles. The Kier molecular flexibility index (Phi) is 2.04. The number of likely N-dealkylation sites (tertiary alicyclic amines) is 1. The number of piperidine rings is 1. The van der Waals surface area contributed by atoms with Gasteiger partial charge in [0.05, 0.1) is 0 Å². The Balaban J connectivity index is 1.92. The maximum absolute atomic E-state index is 2.50. The second-order valence-corrected chi connectivity index (χ2v) is 6.06. The van der Waals surface area contributed by atoms with E-state index in [9.17, 15) is 0 Å². The zero-order valence-electron chi connectivity index (χ0n) is 10.3. The van der Waals surface area contributed by atoms with Crippen molar-refractivity contribution < 1.29 is 0 Å². The molecule has 0 aromatic rings. The van der Waals surface area contributed by atoms with E-state index in [4.69, 9.17) is 0 Å². The highest BCUT2D eigenvalue weighted by atomic mass is 15.1. The van der Waals surface area contributed by atoms with Crippen molar-refractivity contribution in [3.05, 3.63) is 11.1 Å². The summed E-state index contributed by atoms with van der Waals surface area (Å²) in [5.74, 6) is 2.01. The molecule has 0 aromatic heterocycles. The van der Waals surface area contributed by atoms with Crippen LogP contribution in [0.15, 0.2) is 11.1 Å². The molecular weight excluding hydrogens is 182 g/mol. The lowest BCUT2D eigenvalue weighted by Gasteiger charge is -2.49. The maximum atomic E-state index is 2.50. The second-order valence-electron chi connectivity index (χ2n) is 6.06. The van der Waals surface area contributed by atoms with E-state index in [1.54, 1.807) is 11.1 Å². The van der Waals surface area contributed by atoms with Gasteiger partial charge in [-0.2, -0.15) is 0 Å². The molecule has 2 unspecified atom stereocenters. The summed E-state index contributed by atoms with van der Waals surface area (Å²) in [4.78, 5) is 2.50. The third-order valence-electron chi connectivity index (χ3n) is 5.76. The predicted octanol–water partition coefficient (Wildman–Crippen LogP) is 3.07. The molecule has 2 aliphatic carbocycles. The van der Waals surface area contributed by atoms with Crippen molar-refractivity contribution in [3.63, 3.8) is 0 Å². The molecule has 0 bridgehead atoms. The highest BCUT2D eigenvalue weighted by molar-refractivity contribution is 5.34. The molecule has 1 nitrogen and oxygen atoms in total. The van der Waals surface area contributed by atoms with Crippen molar-refractivity contribution in [2.45, 2.75) is 39.5 Å². The first-order valence-corrected chi connectivity index (χ1v) is 6.51. The summed E-state index contributed by atoms with van der Waals surface area (Å²) >= 11 is 0. The van der Waals surface area contributed by atoms with Crippen LogP contribution in [0, 0.1) is 17.3 Å². The number of hydrogen-bond acceptors (Lipinski definition) is 1. The number of rotatable bonds is 0. The molecule has 3 aliphatic rings. The number of allylic oxidation sites excluding steroid dienone is 2. The number of fused-ring (bicyclic) bond motifs is 2. The van der Waals surface area contributed by atoms with Crippen molar-refractivity contribution >= 4 is 0 Å². The molecule has 1 spiro atoms. The fraction of sp³-hybridized carbons (Fsp3) is 0.857. The van der Waals surface area contributed by atoms with Crippen molar-refractivity contribution in [1.29, 1.82) is 0 Å². The zero-order chi connectivity index (χ0) is 10.6. The summed E-state index contributed by atoms with van der Waals surface area (Å²) in [6.45, 7) is 7.46. The SMILES string of the molecule is CC1=C(C)C2(CCN(C)CC2)C2CCC12. The van der Waals surface area contributed by atoms with Gasteiger partial charge in [0, 0.05) is 0 Å². The van der Waals surface area contributed by atoms with Crippen LogP contribution in [0.3, 0.4) is 0 Å². The summed E-state index contributed by atoms with van der Waals surface area (Å²) in [6, 6.07) is 0. The molecule has 15 heavy (non-hydrogen) atoms. The normalized spacial score (nSPS) is 39.4. The molecule has 1 heteroatoms. The third kappa shape index (κ3) is 1.13. The van der Waals surface area contributed by atoms with Crippen molar-refractivity contribution in [2.24, 2.45) is 17.3 Å². The molecule has 1 aliphatic heterocycles. The van der Waals surface area contributed by atoms with Gasteiger partial charge in [-0.15, -0.1) is 0 Å². The average molecular weight is 205 g/mol. The Hall–Kier alpha value is -0.300. The quantitative estimate of drug-likeness (QED) is 0.549. The largest absolute Gasteiger partial charge is 0.306 e. The minimum atomic E-state index is 0.638. The van der Waals surface area contributed by atoms with Crippen LogP contribution in [0.4, 0.5) is 0 Å². The van der Waals surface area contributed by atoms with Crippen LogP contribution in [-0.2, 0) is 0 Å². The lowest BCUT2D eigenvalue weighted by atomic mass is 9.59. The minimum Gasteiger partial charge on any atom is -0.306 e. The Labute approximate surface area is 93.5 Å². The van der Waals surface area contributed by atoms with E-state index in [1.807, 2.05) is 0 Å². The monoisotopic (exact) mass is 205 g/mol. The zero-order valence-corrected chi connectivity index (χ0v) is 10.3. The molecule has 1 saturated carbocycles. The van der Waals surface area contributed by atoms with Gasteiger partial charge in [-0.05, 0) is 76.9 Å². The molecule has 2 atom stereocenters. The smallest absolute Gasteiger partial charge is 0.00133 e. The molecule has 0 radical (unpaired) electrons.